The maximum atomic E-state index is 13.6. The Morgan fingerprint density at radius 3 is 2.42 bits per heavy atom. The number of likely N-dealkylation sites (tertiary alicyclic amines) is 1. The molecule has 2 heterocycles. The molecule has 4 fully saturated rings. The van der Waals surface area contributed by atoms with Crippen LogP contribution in [0, 0.1) is 29.1 Å². The summed E-state index contributed by atoms with van der Waals surface area (Å²) in [6.07, 6.45) is -2.58. The van der Waals surface area contributed by atoms with E-state index in [0.29, 0.717) is 25.8 Å². The van der Waals surface area contributed by atoms with Crippen molar-refractivity contribution >= 4 is 29.5 Å². The van der Waals surface area contributed by atoms with E-state index in [2.05, 4.69) is 22.5 Å². The van der Waals surface area contributed by atoms with Crippen LogP contribution in [0.15, 0.2) is 12.7 Å². The van der Waals surface area contributed by atoms with Gasteiger partial charge in [0.05, 0.1) is 0 Å². The molecule has 2 aliphatic heterocycles. The SMILES string of the molecule is C=CC(=O)N[C@H](C[C@@H]1CCCNC1=O)NC(=O)[C@@H]1[C@@H]2[C@H](CN1C(=O)[C@@H](NC(=O)C(F)(F)F)C1CC1)C2(C)C. The number of carbonyl (C=O) groups is 5. The van der Waals surface area contributed by atoms with E-state index in [4.69, 9.17) is 0 Å². The number of nitrogens with zero attached hydrogens (tertiary/aromatic N) is 1. The summed E-state index contributed by atoms with van der Waals surface area (Å²) >= 11 is 0. The molecule has 5 amide bonds. The van der Waals surface area contributed by atoms with Crippen LogP contribution >= 0.6 is 0 Å². The Hall–Kier alpha value is -3.12. The van der Waals surface area contributed by atoms with Crippen molar-refractivity contribution < 1.29 is 37.1 Å². The summed E-state index contributed by atoms with van der Waals surface area (Å²) in [5, 5.41) is 9.98. The van der Waals surface area contributed by atoms with Crippen LogP contribution in [0.5, 0.6) is 0 Å². The molecule has 4 N–H and O–H groups in total. The van der Waals surface area contributed by atoms with E-state index in [-0.39, 0.29) is 36.1 Å². The van der Waals surface area contributed by atoms with Crippen LogP contribution < -0.4 is 21.3 Å². The standard InChI is InChI=1S/C25H34F3N5O5/c1-4-16(34)30-15(10-13-6-5-9-29-20(13)35)31-21(36)19-17-14(24(17,2)3)11-33(19)22(37)18(12-7-8-12)32-23(38)25(26,27)28/h4,12-15,17-19H,1,5-11H2,2-3H3,(H,29,35)(H,30,34)(H,31,36)(H,32,38)/t13-,14-,15-,17-,18-,19-/m0/s1. The minimum atomic E-state index is -5.14. The number of halogens is 3. The topological polar surface area (TPSA) is 137 Å². The predicted molar refractivity (Wildman–Crippen MR) is 128 cm³/mol. The molecule has 4 aliphatic rings. The molecule has 0 bridgehead atoms. The lowest BCUT2D eigenvalue weighted by molar-refractivity contribution is -0.175. The van der Waals surface area contributed by atoms with E-state index < -0.39 is 59.9 Å². The highest BCUT2D eigenvalue weighted by Gasteiger charge is 2.70. The van der Waals surface area contributed by atoms with Gasteiger partial charge in [0.2, 0.25) is 23.6 Å². The van der Waals surface area contributed by atoms with Crippen molar-refractivity contribution in [2.75, 3.05) is 13.1 Å². The minimum Gasteiger partial charge on any atom is -0.356 e. The zero-order valence-electron chi connectivity index (χ0n) is 21.4. The van der Waals surface area contributed by atoms with Gasteiger partial charge in [0.15, 0.2) is 0 Å². The number of amides is 5. The number of rotatable bonds is 9. The second-order valence-corrected chi connectivity index (χ2v) is 11.3. The van der Waals surface area contributed by atoms with Gasteiger partial charge in [-0.15, -0.1) is 0 Å². The number of fused-ring (bicyclic) bond motifs is 1. The monoisotopic (exact) mass is 541 g/mol. The van der Waals surface area contributed by atoms with Crippen LogP contribution in [-0.4, -0.2) is 72.0 Å². The van der Waals surface area contributed by atoms with Crippen molar-refractivity contribution in [1.29, 1.82) is 0 Å². The molecule has 0 unspecified atom stereocenters. The first-order valence-electron chi connectivity index (χ1n) is 12.9. The average molecular weight is 542 g/mol. The summed E-state index contributed by atoms with van der Waals surface area (Å²) in [5.74, 6) is -5.36. The highest BCUT2D eigenvalue weighted by atomic mass is 19.4. The van der Waals surface area contributed by atoms with E-state index >= 15 is 0 Å². The number of hydrogen-bond acceptors (Lipinski definition) is 5. The van der Waals surface area contributed by atoms with Crippen LogP contribution in [0.1, 0.15) is 46.0 Å². The fourth-order valence-electron chi connectivity index (χ4n) is 6.01. The maximum absolute atomic E-state index is 13.6. The molecular weight excluding hydrogens is 507 g/mol. The molecule has 2 saturated carbocycles. The lowest BCUT2D eigenvalue weighted by Crippen LogP contribution is -2.60. The Labute approximate surface area is 218 Å². The third-order valence-corrected chi connectivity index (χ3v) is 8.40. The summed E-state index contributed by atoms with van der Waals surface area (Å²) in [5.41, 5.74) is -0.272. The molecular formula is C25H34F3N5O5. The van der Waals surface area contributed by atoms with E-state index in [0.717, 1.165) is 12.5 Å². The maximum Gasteiger partial charge on any atom is 0.471 e. The highest BCUT2D eigenvalue weighted by Crippen LogP contribution is 2.65. The Morgan fingerprint density at radius 1 is 1.16 bits per heavy atom. The Kier molecular flexibility index (Phi) is 7.50. The molecule has 0 spiro atoms. The van der Waals surface area contributed by atoms with Crippen LogP contribution in [0.25, 0.3) is 0 Å². The second-order valence-electron chi connectivity index (χ2n) is 11.3. The molecule has 6 atom stereocenters. The Morgan fingerprint density at radius 2 is 1.84 bits per heavy atom. The fourth-order valence-corrected chi connectivity index (χ4v) is 6.01. The van der Waals surface area contributed by atoms with Gasteiger partial charge in [-0.05, 0) is 61.3 Å². The Bertz CT molecular complexity index is 1030. The molecule has 10 nitrogen and oxygen atoms in total. The minimum absolute atomic E-state index is 0.0364. The van der Waals surface area contributed by atoms with E-state index in [1.165, 1.54) is 4.90 Å². The van der Waals surface area contributed by atoms with Crippen molar-refractivity contribution in [2.24, 2.45) is 29.1 Å². The third-order valence-electron chi connectivity index (χ3n) is 8.40. The first-order chi connectivity index (χ1) is 17.8. The molecule has 0 aromatic heterocycles. The summed E-state index contributed by atoms with van der Waals surface area (Å²) in [4.78, 5) is 64.4. The van der Waals surface area contributed by atoms with Gasteiger partial charge < -0.3 is 26.2 Å². The summed E-state index contributed by atoms with van der Waals surface area (Å²) < 4.78 is 38.8. The number of alkyl halides is 3. The zero-order valence-corrected chi connectivity index (χ0v) is 21.4. The van der Waals surface area contributed by atoms with E-state index in [1.54, 1.807) is 0 Å². The van der Waals surface area contributed by atoms with Crippen molar-refractivity contribution in [2.45, 2.75) is 70.4 Å². The molecule has 4 rings (SSSR count). The lowest BCUT2D eigenvalue weighted by Gasteiger charge is -2.34. The average Bonchev–Trinajstić information content (AvgIpc) is 3.71. The first kappa shape index (κ1) is 27.9. The van der Waals surface area contributed by atoms with Crippen LogP contribution in [-0.2, 0) is 24.0 Å². The number of nitrogens with one attached hydrogen (secondary N) is 4. The zero-order chi connectivity index (χ0) is 28.0. The van der Waals surface area contributed by atoms with Gasteiger partial charge in [0, 0.05) is 19.0 Å². The summed E-state index contributed by atoms with van der Waals surface area (Å²) in [7, 11) is 0. The predicted octanol–water partition coefficient (Wildman–Crippen LogP) is 0.587. The molecule has 0 aromatic carbocycles. The van der Waals surface area contributed by atoms with Crippen molar-refractivity contribution in [3.63, 3.8) is 0 Å². The number of hydrogen-bond donors (Lipinski definition) is 4. The molecule has 2 saturated heterocycles. The van der Waals surface area contributed by atoms with Crippen LogP contribution in [0.4, 0.5) is 13.2 Å². The number of piperidine rings is 2. The molecule has 2 aliphatic carbocycles. The van der Waals surface area contributed by atoms with E-state index in [9.17, 15) is 37.1 Å². The molecule has 38 heavy (non-hydrogen) atoms. The fraction of sp³-hybridized carbons (Fsp3) is 0.720. The van der Waals surface area contributed by atoms with Crippen molar-refractivity contribution in [1.82, 2.24) is 26.2 Å². The van der Waals surface area contributed by atoms with Crippen molar-refractivity contribution in [3.05, 3.63) is 12.7 Å². The van der Waals surface area contributed by atoms with Gasteiger partial charge in [0.1, 0.15) is 18.2 Å². The smallest absolute Gasteiger partial charge is 0.356 e. The summed E-state index contributed by atoms with van der Waals surface area (Å²) in [6.45, 7) is 8.05. The van der Waals surface area contributed by atoms with Gasteiger partial charge in [-0.1, -0.05) is 20.4 Å². The molecule has 210 valence electrons. The molecule has 13 heteroatoms. The number of carbonyl (C=O) groups excluding carboxylic acids is 5. The quantitative estimate of drug-likeness (QED) is 0.250. The largest absolute Gasteiger partial charge is 0.471 e. The first-order valence-corrected chi connectivity index (χ1v) is 12.9. The van der Waals surface area contributed by atoms with Crippen LogP contribution in [0.2, 0.25) is 0 Å². The molecule has 0 radical (unpaired) electrons. The van der Waals surface area contributed by atoms with Gasteiger partial charge in [0.25, 0.3) is 0 Å². The van der Waals surface area contributed by atoms with Gasteiger partial charge in [-0.2, -0.15) is 13.2 Å². The second kappa shape index (κ2) is 10.2. The molecule has 0 aromatic rings. The Balaban J connectivity index is 1.52. The van der Waals surface area contributed by atoms with Gasteiger partial charge in [-0.3, -0.25) is 24.0 Å². The summed E-state index contributed by atoms with van der Waals surface area (Å²) in [6, 6.07) is -2.36. The van der Waals surface area contributed by atoms with Crippen molar-refractivity contribution in [3.8, 4) is 0 Å². The van der Waals surface area contributed by atoms with Crippen LogP contribution in [0.3, 0.4) is 0 Å². The third kappa shape index (κ3) is 5.65. The van der Waals surface area contributed by atoms with Gasteiger partial charge in [-0.25, -0.2) is 0 Å². The van der Waals surface area contributed by atoms with E-state index in [1.807, 2.05) is 19.2 Å². The van der Waals surface area contributed by atoms with Gasteiger partial charge >= 0.3 is 12.1 Å². The normalized spacial score (nSPS) is 29.3. The lowest BCUT2D eigenvalue weighted by atomic mass is 9.93. The highest BCUT2D eigenvalue weighted by molar-refractivity contribution is 5.95.